The van der Waals surface area contributed by atoms with E-state index in [1.165, 1.54) is 0 Å². The zero-order valence-corrected chi connectivity index (χ0v) is 6.67. The summed E-state index contributed by atoms with van der Waals surface area (Å²) in [5.41, 5.74) is -0.0150. The van der Waals surface area contributed by atoms with Crippen LogP contribution in [0.3, 0.4) is 0 Å². The highest BCUT2D eigenvalue weighted by Gasteiger charge is 2.38. The average Bonchev–Trinajstić information content (AvgIpc) is 2.10. The molecule has 0 radical (unpaired) electrons. The molecule has 0 aliphatic heterocycles. The summed E-state index contributed by atoms with van der Waals surface area (Å²) in [6.45, 7) is 4.26. The summed E-state index contributed by atoms with van der Waals surface area (Å²) < 4.78 is 0. The van der Waals surface area contributed by atoms with Crippen LogP contribution in [0.1, 0.15) is 26.7 Å². The molecule has 2 N–H and O–H groups in total. The number of hydrogen-bond donors (Lipinski definition) is 2. The van der Waals surface area contributed by atoms with Crippen LogP contribution in [0.15, 0.2) is 0 Å². The maximum atomic E-state index is 9.35. The molecule has 1 saturated carbocycles. The van der Waals surface area contributed by atoms with Crippen LogP contribution in [0.25, 0.3) is 0 Å². The van der Waals surface area contributed by atoms with Crippen molar-refractivity contribution in [3.63, 3.8) is 0 Å². The van der Waals surface area contributed by atoms with Gasteiger partial charge in [0.1, 0.15) is 0 Å². The Morgan fingerprint density at radius 3 is 2.30 bits per heavy atom. The van der Waals surface area contributed by atoms with E-state index in [2.05, 4.69) is 0 Å². The minimum atomic E-state index is -0.197. The molecule has 0 heterocycles. The number of rotatable bonds is 1. The molecule has 0 aromatic carbocycles. The molecule has 2 heteroatoms. The maximum absolute atomic E-state index is 9.35. The van der Waals surface area contributed by atoms with Crippen molar-refractivity contribution in [2.45, 2.75) is 32.8 Å². The molecule has 1 aliphatic rings. The summed E-state index contributed by atoms with van der Waals surface area (Å²) in [4.78, 5) is 0. The third-order valence-electron chi connectivity index (χ3n) is 2.56. The van der Waals surface area contributed by atoms with Gasteiger partial charge in [-0.3, -0.25) is 0 Å². The summed E-state index contributed by atoms with van der Waals surface area (Å²) in [6, 6.07) is 0. The van der Waals surface area contributed by atoms with Gasteiger partial charge in [0, 0.05) is 6.61 Å². The second kappa shape index (κ2) is 2.51. The first kappa shape index (κ1) is 8.02. The van der Waals surface area contributed by atoms with Crippen LogP contribution in [-0.4, -0.2) is 22.9 Å². The van der Waals surface area contributed by atoms with Crippen LogP contribution in [0.5, 0.6) is 0 Å². The van der Waals surface area contributed by atoms with E-state index in [9.17, 15) is 5.11 Å². The van der Waals surface area contributed by atoms with Crippen molar-refractivity contribution in [3.05, 3.63) is 0 Å². The molecule has 0 bridgehead atoms. The second-order valence-corrected chi connectivity index (χ2v) is 3.92. The molecule has 3 atom stereocenters. The van der Waals surface area contributed by atoms with Crippen molar-refractivity contribution in [1.29, 1.82) is 0 Å². The van der Waals surface area contributed by atoms with Crippen LogP contribution in [-0.2, 0) is 0 Å². The first-order valence-electron chi connectivity index (χ1n) is 3.86. The van der Waals surface area contributed by atoms with Crippen LogP contribution in [0, 0.1) is 11.3 Å². The minimum Gasteiger partial charge on any atom is -0.396 e. The van der Waals surface area contributed by atoms with Gasteiger partial charge in [0.15, 0.2) is 0 Å². The lowest BCUT2D eigenvalue weighted by Gasteiger charge is -2.19. The molecule has 0 spiro atoms. The summed E-state index contributed by atoms with van der Waals surface area (Å²) in [6.07, 6.45) is 1.51. The molecule has 0 unspecified atom stereocenters. The van der Waals surface area contributed by atoms with E-state index >= 15 is 0 Å². The Morgan fingerprint density at radius 2 is 2.10 bits per heavy atom. The smallest absolute Gasteiger partial charge is 0.0572 e. The van der Waals surface area contributed by atoms with Crippen LogP contribution < -0.4 is 0 Å². The predicted octanol–water partition coefficient (Wildman–Crippen LogP) is 0.776. The lowest BCUT2D eigenvalue weighted by Crippen LogP contribution is -2.17. The van der Waals surface area contributed by atoms with Gasteiger partial charge in [-0.25, -0.2) is 0 Å². The van der Waals surface area contributed by atoms with Gasteiger partial charge in [-0.15, -0.1) is 0 Å². The van der Waals surface area contributed by atoms with Crippen molar-refractivity contribution >= 4 is 0 Å². The highest BCUT2D eigenvalue weighted by Crippen LogP contribution is 2.40. The highest BCUT2D eigenvalue weighted by molar-refractivity contribution is 4.88. The van der Waals surface area contributed by atoms with Gasteiger partial charge < -0.3 is 10.2 Å². The number of hydrogen-bond acceptors (Lipinski definition) is 2. The molecule has 10 heavy (non-hydrogen) atoms. The van der Waals surface area contributed by atoms with Gasteiger partial charge in [0.2, 0.25) is 0 Å². The lowest BCUT2D eigenvalue weighted by atomic mass is 9.89. The molecule has 0 amide bonds. The third kappa shape index (κ3) is 1.32. The molecular formula is C8H16O2. The normalized spacial score (nSPS) is 48.0. The fraction of sp³-hybridized carbons (Fsp3) is 1.00. The van der Waals surface area contributed by atoms with Crippen molar-refractivity contribution in [2.24, 2.45) is 11.3 Å². The van der Waals surface area contributed by atoms with Crippen LogP contribution in [0.2, 0.25) is 0 Å². The Morgan fingerprint density at radius 1 is 1.50 bits per heavy atom. The van der Waals surface area contributed by atoms with Gasteiger partial charge in [0.05, 0.1) is 6.10 Å². The van der Waals surface area contributed by atoms with Gasteiger partial charge in [-0.05, 0) is 24.2 Å². The molecule has 0 aromatic heterocycles. The van der Waals surface area contributed by atoms with E-state index < -0.39 is 0 Å². The Hall–Kier alpha value is -0.0800. The van der Waals surface area contributed by atoms with Crippen LogP contribution in [0.4, 0.5) is 0 Å². The zero-order valence-electron chi connectivity index (χ0n) is 6.67. The summed E-state index contributed by atoms with van der Waals surface area (Å²) in [5, 5.41) is 18.3. The van der Waals surface area contributed by atoms with E-state index in [4.69, 9.17) is 5.11 Å². The van der Waals surface area contributed by atoms with Crippen molar-refractivity contribution < 1.29 is 10.2 Å². The number of aliphatic hydroxyl groups is 2. The Bertz CT molecular complexity index is 112. The standard InChI is InChI=1S/C8H16O2/c1-6-3-8(2,5-9)4-7(6)10/h6-7,9-10H,3-5H2,1-2H3/t6-,7-,8-/m0/s1. The largest absolute Gasteiger partial charge is 0.396 e. The monoisotopic (exact) mass is 144 g/mol. The van der Waals surface area contributed by atoms with E-state index in [0.717, 1.165) is 12.8 Å². The molecule has 2 nitrogen and oxygen atoms in total. The summed E-state index contributed by atoms with van der Waals surface area (Å²) in [5.74, 6) is 0.358. The van der Waals surface area contributed by atoms with Crippen molar-refractivity contribution in [2.75, 3.05) is 6.61 Å². The van der Waals surface area contributed by atoms with Gasteiger partial charge >= 0.3 is 0 Å². The Balaban J connectivity index is 2.55. The first-order chi connectivity index (χ1) is 4.57. The molecule has 0 aromatic rings. The fourth-order valence-electron chi connectivity index (χ4n) is 1.83. The molecule has 1 rings (SSSR count). The zero-order chi connectivity index (χ0) is 7.78. The lowest BCUT2D eigenvalue weighted by molar-refractivity contribution is 0.111. The first-order valence-corrected chi connectivity index (χ1v) is 3.86. The van der Waals surface area contributed by atoms with Gasteiger partial charge in [-0.2, -0.15) is 0 Å². The quantitative estimate of drug-likeness (QED) is 0.571. The van der Waals surface area contributed by atoms with Crippen LogP contribution >= 0.6 is 0 Å². The summed E-state index contributed by atoms with van der Waals surface area (Å²) in [7, 11) is 0. The molecule has 0 saturated heterocycles. The minimum absolute atomic E-state index is 0.0150. The summed E-state index contributed by atoms with van der Waals surface area (Å²) >= 11 is 0. The van der Waals surface area contributed by atoms with E-state index in [1.807, 2.05) is 13.8 Å². The molecule has 60 valence electrons. The topological polar surface area (TPSA) is 40.5 Å². The van der Waals surface area contributed by atoms with E-state index in [-0.39, 0.29) is 18.1 Å². The Kier molecular flexibility index (Phi) is 2.02. The predicted molar refractivity (Wildman–Crippen MR) is 39.6 cm³/mol. The Labute approximate surface area is 61.9 Å². The number of aliphatic hydroxyl groups excluding tert-OH is 2. The van der Waals surface area contributed by atoms with Crippen molar-refractivity contribution in [3.8, 4) is 0 Å². The molecule has 1 fully saturated rings. The van der Waals surface area contributed by atoms with Gasteiger partial charge in [0.25, 0.3) is 0 Å². The maximum Gasteiger partial charge on any atom is 0.0572 e. The fourth-order valence-corrected chi connectivity index (χ4v) is 1.83. The van der Waals surface area contributed by atoms with Gasteiger partial charge in [-0.1, -0.05) is 13.8 Å². The molecular weight excluding hydrogens is 128 g/mol. The molecule has 1 aliphatic carbocycles. The van der Waals surface area contributed by atoms with Crippen molar-refractivity contribution in [1.82, 2.24) is 0 Å². The van der Waals surface area contributed by atoms with E-state index in [1.54, 1.807) is 0 Å². The SMILES string of the molecule is C[C@H]1C[C@](C)(CO)C[C@@H]1O. The highest BCUT2D eigenvalue weighted by atomic mass is 16.3. The average molecular weight is 144 g/mol. The third-order valence-corrected chi connectivity index (χ3v) is 2.56. The second-order valence-electron chi connectivity index (χ2n) is 3.92. The van der Waals surface area contributed by atoms with E-state index in [0.29, 0.717) is 5.92 Å².